The maximum Gasteiger partial charge on any atom is 0.329 e. The minimum atomic E-state index is -0.484. The zero-order chi connectivity index (χ0) is 18.8. The van der Waals surface area contributed by atoms with Crippen LogP contribution in [0, 0.1) is 5.92 Å². The standard InChI is InChI=1S/C19H21N3O4/c1-11(2)8-9-22-17-13(18(24)21-19(22)25)5-6-15(20-17)14-10-12(26-3)4-7-16(14)23/h4-7,10-11,23H,8-9H2,1-3H3,(H,21,24,25). The summed E-state index contributed by atoms with van der Waals surface area (Å²) in [4.78, 5) is 31.3. The summed E-state index contributed by atoms with van der Waals surface area (Å²) in [5.41, 5.74) is 0.271. The third-order valence-electron chi connectivity index (χ3n) is 4.25. The van der Waals surface area contributed by atoms with Crippen molar-refractivity contribution < 1.29 is 9.84 Å². The number of nitrogens with zero attached hydrogens (tertiary/aromatic N) is 2. The van der Waals surface area contributed by atoms with Crippen molar-refractivity contribution in [1.82, 2.24) is 14.5 Å². The molecule has 0 saturated heterocycles. The van der Waals surface area contributed by atoms with E-state index in [4.69, 9.17) is 4.74 Å². The predicted molar refractivity (Wildman–Crippen MR) is 99.7 cm³/mol. The summed E-state index contributed by atoms with van der Waals surface area (Å²) in [5, 5.41) is 10.5. The average Bonchev–Trinajstić information content (AvgIpc) is 2.61. The molecule has 0 radical (unpaired) electrons. The molecule has 0 spiro atoms. The highest BCUT2D eigenvalue weighted by Crippen LogP contribution is 2.32. The molecule has 136 valence electrons. The molecule has 7 nitrogen and oxygen atoms in total. The van der Waals surface area contributed by atoms with Gasteiger partial charge >= 0.3 is 5.69 Å². The minimum Gasteiger partial charge on any atom is -0.507 e. The molecule has 3 rings (SSSR count). The number of ether oxygens (including phenoxy) is 1. The SMILES string of the molecule is COc1ccc(O)c(-c2ccc3c(=O)[nH]c(=O)n(CCC(C)C)c3n2)c1. The van der Waals surface area contributed by atoms with Gasteiger partial charge in [0.1, 0.15) is 17.1 Å². The van der Waals surface area contributed by atoms with Gasteiger partial charge in [-0.05, 0) is 42.7 Å². The number of hydrogen-bond acceptors (Lipinski definition) is 5. The van der Waals surface area contributed by atoms with Gasteiger partial charge in [-0.1, -0.05) is 13.8 Å². The smallest absolute Gasteiger partial charge is 0.329 e. The number of pyridine rings is 1. The second kappa shape index (κ2) is 7.03. The number of benzene rings is 1. The number of phenolic OH excluding ortho intramolecular Hbond substituents is 1. The molecule has 0 amide bonds. The zero-order valence-electron chi connectivity index (χ0n) is 14.9. The molecule has 3 aromatic rings. The van der Waals surface area contributed by atoms with Gasteiger partial charge in [-0.3, -0.25) is 14.3 Å². The van der Waals surface area contributed by atoms with Gasteiger partial charge in [-0.25, -0.2) is 9.78 Å². The van der Waals surface area contributed by atoms with Gasteiger partial charge in [0.2, 0.25) is 0 Å². The van der Waals surface area contributed by atoms with Crippen molar-refractivity contribution in [1.29, 1.82) is 0 Å². The Morgan fingerprint density at radius 1 is 1.23 bits per heavy atom. The number of aromatic amines is 1. The van der Waals surface area contributed by atoms with Crippen molar-refractivity contribution in [2.24, 2.45) is 5.92 Å². The van der Waals surface area contributed by atoms with Crippen molar-refractivity contribution in [2.45, 2.75) is 26.8 Å². The Hall–Kier alpha value is -3.09. The fraction of sp³-hybridized carbons (Fsp3) is 0.316. The summed E-state index contributed by atoms with van der Waals surface area (Å²) in [7, 11) is 1.53. The number of phenols is 1. The fourth-order valence-corrected chi connectivity index (χ4v) is 2.75. The van der Waals surface area contributed by atoms with E-state index >= 15 is 0 Å². The maximum atomic E-state index is 12.3. The monoisotopic (exact) mass is 355 g/mol. The maximum absolute atomic E-state index is 12.3. The molecule has 7 heteroatoms. The summed E-state index contributed by atoms with van der Waals surface area (Å²) in [5.74, 6) is 1.01. The van der Waals surface area contributed by atoms with Crippen LogP contribution in [0.3, 0.4) is 0 Å². The van der Waals surface area contributed by atoms with Gasteiger partial charge in [-0.2, -0.15) is 0 Å². The lowest BCUT2D eigenvalue weighted by Crippen LogP contribution is -2.31. The molecule has 2 N–H and O–H groups in total. The van der Waals surface area contributed by atoms with E-state index in [0.717, 1.165) is 6.42 Å². The topological polar surface area (TPSA) is 97.2 Å². The van der Waals surface area contributed by atoms with Crippen LogP contribution >= 0.6 is 0 Å². The van der Waals surface area contributed by atoms with Crippen molar-refractivity contribution in [3.63, 3.8) is 0 Å². The quantitative estimate of drug-likeness (QED) is 0.733. The lowest BCUT2D eigenvalue weighted by atomic mass is 10.1. The number of hydrogen-bond donors (Lipinski definition) is 2. The molecule has 0 aliphatic heterocycles. The number of methoxy groups -OCH3 is 1. The van der Waals surface area contributed by atoms with Crippen LogP contribution < -0.4 is 16.0 Å². The second-order valence-electron chi connectivity index (χ2n) is 6.54. The van der Waals surface area contributed by atoms with E-state index in [9.17, 15) is 14.7 Å². The summed E-state index contributed by atoms with van der Waals surface area (Å²) >= 11 is 0. The molecule has 1 aromatic carbocycles. The Morgan fingerprint density at radius 3 is 2.69 bits per heavy atom. The van der Waals surface area contributed by atoms with Crippen molar-refractivity contribution in [3.05, 3.63) is 51.2 Å². The fourth-order valence-electron chi connectivity index (χ4n) is 2.75. The normalized spacial score (nSPS) is 11.2. The first-order valence-electron chi connectivity index (χ1n) is 8.42. The summed E-state index contributed by atoms with van der Waals surface area (Å²) < 4.78 is 6.67. The Kier molecular flexibility index (Phi) is 4.79. The van der Waals surface area contributed by atoms with E-state index in [0.29, 0.717) is 40.5 Å². The van der Waals surface area contributed by atoms with Crippen molar-refractivity contribution >= 4 is 11.0 Å². The summed E-state index contributed by atoms with van der Waals surface area (Å²) in [6.07, 6.45) is 0.775. The first-order valence-corrected chi connectivity index (χ1v) is 8.42. The summed E-state index contributed by atoms with van der Waals surface area (Å²) in [6, 6.07) is 8.07. The third-order valence-corrected chi connectivity index (χ3v) is 4.25. The van der Waals surface area contributed by atoms with Crippen LogP contribution in [0.1, 0.15) is 20.3 Å². The van der Waals surface area contributed by atoms with E-state index in [2.05, 4.69) is 23.8 Å². The number of aryl methyl sites for hydroxylation is 1. The number of fused-ring (bicyclic) bond motifs is 1. The van der Waals surface area contributed by atoms with E-state index in [-0.39, 0.29) is 5.75 Å². The number of aromatic nitrogens is 3. The Balaban J connectivity index is 2.23. The first kappa shape index (κ1) is 17.7. The molecule has 2 heterocycles. The summed E-state index contributed by atoms with van der Waals surface area (Å²) in [6.45, 7) is 4.57. The van der Waals surface area contributed by atoms with Crippen molar-refractivity contribution in [3.8, 4) is 22.8 Å². The molecule has 2 aromatic heterocycles. The van der Waals surface area contributed by atoms with Crippen LogP contribution in [0.2, 0.25) is 0 Å². The Bertz CT molecular complexity index is 1070. The van der Waals surface area contributed by atoms with Crippen LogP contribution in [-0.4, -0.2) is 26.8 Å². The largest absolute Gasteiger partial charge is 0.507 e. The highest BCUT2D eigenvalue weighted by Gasteiger charge is 2.13. The zero-order valence-corrected chi connectivity index (χ0v) is 14.9. The van der Waals surface area contributed by atoms with E-state index in [1.807, 2.05) is 0 Å². The molecular formula is C19H21N3O4. The van der Waals surface area contributed by atoms with E-state index < -0.39 is 11.2 Å². The van der Waals surface area contributed by atoms with Gasteiger partial charge in [0.05, 0.1) is 18.2 Å². The number of H-pyrrole nitrogens is 1. The highest BCUT2D eigenvalue weighted by molar-refractivity contribution is 5.79. The highest BCUT2D eigenvalue weighted by atomic mass is 16.5. The molecule has 0 aliphatic rings. The lowest BCUT2D eigenvalue weighted by Gasteiger charge is -2.12. The molecule has 0 atom stereocenters. The average molecular weight is 355 g/mol. The Morgan fingerprint density at radius 2 is 2.00 bits per heavy atom. The molecule has 0 saturated carbocycles. The van der Waals surface area contributed by atoms with Crippen LogP contribution in [0.5, 0.6) is 11.5 Å². The molecule has 26 heavy (non-hydrogen) atoms. The molecule has 0 aliphatic carbocycles. The van der Waals surface area contributed by atoms with Gasteiger partial charge in [-0.15, -0.1) is 0 Å². The second-order valence-corrected chi connectivity index (χ2v) is 6.54. The third kappa shape index (κ3) is 3.33. The lowest BCUT2D eigenvalue weighted by molar-refractivity contribution is 0.412. The van der Waals surface area contributed by atoms with Gasteiger partial charge in [0.25, 0.3) is 5.56 Å². The van der Waals surface area contributed by atoms with Crippen molar-refractivity contribution in [2.75, 3.05) is 7.11 Å². The van der Waals surface area contributed by atoms with Gasteiger partial charge in [0, 0.05) is 12.1 Å². The Labute approximate surface area is 149 Å². The van der Waals surface area contributed by atoms with Crippen LogP contribution in [0.15, 0.2) is 39.9 Å². The minimum absolute atomic E-state index is 0.0403. The molecular weight excluding hydrogens is 334 g/mol. The molecule has 0 fully saturated rings. The number of rotatable bonds is 5. The molecule has 0 unspecified atom stereocenters. The van der Waals surface area contributed by atoms with Crippen LogP contribution in [0.4, 0.5) is 0 Å². The number of aromatic hydroxyl groups is 1. The van der Waals surface area contributed by atoms with Gasteiger partial charge in [0.15, 0.2) is 0 Å². The number of nitrogens with one attached hydrogen (secondary N) is 1. The molecule has 0 bridgehead atoms. The van der Waals surface area contributed by atoms with Crippen LogP contribution in [-0.2, 0) is 6.54 Å². The van der Waals surface area contributed by atoms with Crippen LogP contribution in [0.25, 0.3) is 22.3 Å². The van der Waals surface area contributed by atoms with E-state index in [1.165, 1.54) is 17.7 Å². The van der Waals surface area contributed by atoms with Gasteiger partial charge < -0.3 is 9.84 Å². The predicted octanol–water partition coefficient (Wildman–Crippen LogP) is 2.51. The van der Waals surface area contributed by atoms with E-state index in [1.54, 1.807) is 24.3 Å². The first-order chi connectivity index (χ1) is 12.4.